The molecule has 2 amide bonds. The molecule has 1 atom stereocenters. The van der Waals surface area contributed by atoms with Gasteiger partial charge in [0.2, 0.25) is 0 Å². The standard InChI is InChI=1S/C18H22N2O3S/c21-12-15-4-1-2-10-20(15)18(22)19-14-6-8-17(9-7-14)24-13-16-5-3-11-23-16/h3,5-9,11,15,21H,1-2,4,10,12-13H2,(H,19,22). The first-order chi connectivity index (χ1) is 11.8. The predicted octanol–water partition coefficient (Wildman–Crippen LogP) is 3.95. The maximum absolute atomic E-state index is 12.4. The lowest BCUT2D eigenvalue weighted by Gasteiger charge is -2.34. The van der Waals surface area contributed by atoms with Crippen LogP contribution in [0.4, 0.5) is 10.5 Å². The number of likely N-dealkylation sites (tertiary alicyclic amines) is 1. The third-order valence-corrected chi connectivity index (χ3v) is 5.20. The quantitative estimate of drug-likeness (QED) is 0.805. The Labute approximate surface area is 146 Å². The average Bonchev–Trinajstić information content (AvgIpc) is 3.14. The number of hydrogen-bond donors (Lipinski definition) is 2. The van der Waals surface area contributed by atoms with Crippen LogP contribution in [0.25, 0.3) is 0 Å². The van der Waals surface area contributed by atoms with Gasteiger partial charge in [0.25, 0.3) is 0 Å². The Bertz CT molecular complexity index is 643. The number of benzene rings is 1. The number of thioether (sulfide) groups is 1. The van der Waals surface area contributed by atoms with Crippen molar-refractivity contribution in [2.45, 2.75) is 36.0 Å². The van der Waals surface area contributed by atoms with Crippen LogP contribution < -0.4 is 5.32 Å². The number of nitrogens with one attached hydrogen (secondary N) is 1. The number of rotatable bonds is 5. The lowest BCUT2D eigenvalue weighted by atomic mass is 10.0. The Hall–Kier alpha value is -1.92. The molecule has 24 heavy (non-hydrogen) atoms. The molecule has 0 spiro atoms. The second kappa shape index (κ2) is 8.26. The van der Waals surface area contributed by atoms with Gasteiger partial charge in [0.1, 0.15) is 5.76 Å². The molecular formula is C18H22N2O3S. The summed E-state index contributed by atoms with van der Waals surface area (Å²) >= 11 is 1.69. The molecule has 0 radical (unpaired) electrons. The number of anilines is 1. The van der Waals surface area contributed by atoms with E-state index in [4.69, 9.17) is 4.42 Å². The number of carbonyl (C=O) groups excluding carboxylic acids is 1. The van der Waals surface area contributed by atoms with E-state index in [0.717, 1.165) is 41.4 Å². The Morgan fingerprint density at radius 1 is 1.29 bits per heavy atom. The van der Waals surface area contributed by atoms with Gasteiger partial charge < -0.3 is 19.7 Å². The van der Waals surface area contributed by atoms with Crippen molar-refractivity contribution in [3.05, 3.63) is 48.4 Å². The summed E-state index contributed by atoms with van der Waals surface area (Å²) in [6, 6.07) is 11.4. The van der Waals surface area contributed by atoms with Crippen molar-refractivity contribution < 1.29 is 14.3 Å². The molecule has 1 aliphatic rings. The minimum Gasteiger partial charge on any atom is -0.468 e. The molecule has 1 saturated heterocycles. The highest BCUT2D eigenvalue weighted by Gasteiger charge is 2.25. The molecule has 2 aromatic rings. The summed E-state index contributed by atoms with van der Waals surface area (Å²) < 4.78 is 5.32. The zero-order valence-electron chi connectivity index (χ0n) is 13.5. The summed E-state index contributed by atoms with van der Waals surface area (Å²) in [6.45, 7) is 0.726. The molecule has 2 N–H and O–H groups in total. The molecule has 6 heteroatoms. The van der Waals surface area contributed by atoms with E-state index in [1.807, 2.05) is 36.4 Å². The number of carbonyl (C=O) groups is 1. The highest BCUT2D eigenvalue weighted by molar-refractivity contribution is 7.98. The van der Waals surface area contributed by atoms with E-state index in [0.29, 0.717) is 6.54 Å². The molecule has 128 valence electrons. The summed E-state index contributed by atoms with van der Waals surface area (Å²) in [4.78, 5) is 15.2. The van der Waals surface area contributed by atoms with Gasteiger partial charge >= 0.3 is 6.03 Å². The molecular weight excluding hydrogens is 324 g/mol. The normalized spacial score (nSPS) is 17.7. The van der Waals surface area contributed by atoms with Crippen molar-refractivity contribution in [2.24, 2.45) is 0 Å². The van der Waals surface area contributed by atoms with Crippen molar-refractivity contribution in [3.63, 3.8) is 0 Å². The van der Waals surface area contributed by atoms with E-state index in [1.165, 1.54) is 0 Å². The summed E-state index contributed by atoms with van der Waals surface area (Å²) in [5.74, 6) is 1.72. The van der Waals surface area contributed by atoms with Crippen LogP contribution >= 0.6 is 11.8 Å². The fourth-order valence-corrected chi connectivity index (χ4v) is 3.64. The first-order valence-electron chi connectivity index (χ1n) is 8.20. The summed E-state index contributed by atoms with van der Waals surface area (Å²) in [5.41, 5.74) is 0.768. The van der Waals surface area contributed by atoms with Crippen molar-refractivity contribution in [2.75, 3.05) is 18.5 Å². The van der Waals surface area contributed by atoms with Gasteiger partial charge in [0.15, 0.2) is 0 Å². The first-order valence-corrected chi connectivity index (χ1v) is 9.18. The van der Waals surface area contributed by atoms with E-state index < -0.39 is 0 Å². The lowest BCUT2D eigenvalue weighted by molar-refractivity contribution is 0.115. The monoisotopic (exact) mass is 346 g/mol. The van der Waals surface area contributed by atoms with E-state index >= 15 is 0 Å². The van der Waals surface area contributed by atoms with Crippen molar-refractivity contribution >= 4 is 23.5 Å². The molecule has 3 rings (SSSR count). The fraction of sp³-hybridized carbons (Fsp3) is 0.389. The molecule has 1 aliphatic heterocycles. The van der Waals surface area contributed by atoms with Crippen LogP contribution in [0.3, 0.4) is 0 Å². The first kappa shape index (κ1) is 16.9. The van der Waals surface area contributed by atoms with E-state index in [9.17, 15) is 9.90 Å². The van der Waals surface area contributed by atoms with E-state index in [1.54, 1.807) is 22.9 Å². The van der Waals surface area contributed by atoms with Gasteiger partial charge in [-0.05, 0) is 55.7 Å². The van der Waals surface area contributed by atoms with Crippen LogP contribution in [0.2, 0.25) is 0 Å². The number of hydrogen-bond acceptors (Lipinski definition) is 4. The molecule has 1 fully saturated rings. The minimum absolute atomic E-state index is 0.0236. The van der Waals surface area contributed by atoms with Gasteiger partial charge in [0, 0.05) is 17.1 Å². The van der Waals surface area contributed by atoms with E-state index in [2.05, 4.69) is 5.32 Å². The zero-order valence-corrected chi connectivity index (χ0v) is 14.3. The van der Waals surface area contributed by atoms with Crippen LogP contribution in [0, 0.1) is 0 Å². The van der Waals surface area contributed by atoms with Crippen molar-refractivity contribution in [3.8, 4) is 0 Å². The fourth-order valence-electron chi connectivity index (χ4n) is 2.84. The van der Waals surface area contributed by atoms with Crippen LogP contribution in [-0.2, 0) is 5.75 Å². The van der Waals surface area contributed by atoms with Gasteiger partial charge in [-0.1, -0.05) is 0 Å². The van der Waals surface area contributed by atoms with Crippen molar-refractivity contribution in [1.82, 2.24) is 4.90 Å². The summed E-state index contributed by atoms with van der Waals surface area (Å²) in [5, 5.41) is 12.3. The average molecular weight is 346 g/mol. The van der Waals surface area contributed by atoms with E-state index in [-0.39, 0.29) is 18.7 Å². The summed E-state index contributed by atoms with van der Waals surface area (Å²) in [7, 11) is 0. The Morgan fingerprint density at radius 3 is 2.83 bits per heavy atom. The second-order valence-electron chi connectivity index (χ2n) is 5.85. The number of piperidine rings is 1. The third-order valence-electron chi connectivity index (χ3n) is 4.17. The maximum Gasteiger partial charge on any atom is 0.322 e. The third kappa shape index (κ3) is 4.33. The van der Waals surface area contributed by atoms with Crippen LogP contribution in [0.15, 0.2) is 52.0 Å². The van der Waals surface area contributed by atoms with Gasteiger partial charge in [-0.2, -0.15) is 0 Å². The molecule has 1 aromatic carbocycles. The number of aliphatic hydroxyl groups excluding tert-OH is 1. The van der Waals surface area contributed by atoms with Gasteiger partial charge in [-0.15, -0.1) is 11.8 Å². The molecule has 2 heterocycles. The molecule has 0 saturated carbocycles. The number of amides is 2. The Kier molecular flexibility index (Phi) is 5.82. The minimum atomic E-state index is -0.135. The Balaban J connectivity index is 1.54. The highest BCUT2D eigenvalue weighted by atomic mass is 32.2. The summed E-state index contributed by atoms with van der Waals surface area (Å²) in [6.07, 6.45) is 4.60. The number of furan rings is 1. The molecule has 1 aromatic heterocycles. The largest absolute Gasteiger partial charge is 0.468 e. The van der Waals surface area contributed by atoms with Crippen LogP contribution in [0.1, 0.15) is 25.0 Å². The SMILES string of the molecule is O=C(Nc1ccc(SCc2ccco2)cc1)N1CCCCC1CO. The number of urea groups is 1. The van der Waals surface area contributed by atoms with Crippen LogP contribution in [0.5, 0.6) is 0 Å². The van der Waals surface area contributed by atoms with Crippen LogP contribution in [-0.4, -0.2) is 35.2 Å². The second-order valence-corrected chi connectivity index (χ2v) is 6.90. The molecule has 0 bridgehead atoms. The Morgan fingerprint density at radius 2 is 2.12 bits per heavy atom. The number of nitrogens with zero attached hydrogens (tertiary/aromatic N) is 1. The van der Waals surface area contributed by atoms with Gasteiger partial charge in [0.05, 0.1) is 24.7 Å². The predicted molar refractivity (Wildman–Crippen MR) is 95.2 cm³/mol. The molecule has 1 unspecified atom stereocenters. The molecule has 5 nitrogen and oxygen atoms in total. The van der Waals surface area contributed by atoms with Gasteiger partial charge in [-0.25, -0.2) is 4.79 Å². The zero-order chi connectivity index (χ0) is 16.8. The topological polar surface area (TPSA) is 65.7 Å². The highest BCUT2D eigenvalue weighted by Crippen LogP contribution is 2.25. The molecule has 0 aliphatic carbocycles. The van der Waals surface area contributed by atoms with Gasteiger partial charge in [-0.3, -0.25) is 0 Å². The maximum atomic E-state index is 12.4. The lowest BCUT2D eigenvalue weighted by Crippen LogP contribution is -2.47. The van der Waals surface area contributed by atoms with Crippen molar-refractivity contribution in [1.29, 1.82) is 0 Å². The number of aliphatic hydroxyl groups is 1. The smallest absolute Gasteiger partial charge is 0.322 e.